The first-order valence-electron chi connectivity index (χ1n) is 6.37. The van der Waals surface area contributed by atoms with E-state index in [0.29, 0.717) is 16.6 Å². The summed E-state index contributed by atoms with van der Waals surface area (Å²) in [5.74, 6) is -0.322. The lowest BCUT2D eigenvalue weighted by Crippen LogP contribution is -2.33. The number of likely N-dealkylation sites (N-methyl/N-ethyl adjacent to an activating group) is 1. The highest BCUT2D eigenvalue weighted by atomic mass is 79.9. The van der Waals surface area contributed by atoms with Crippen LogP contribution in [0.2, 0.25) is 0 Å². The van der Waals surface area contributed by atoms with Gasteiger partial charge in [0.1, 0.15) is 5.56 Å². The Kier molecular flexibility index (Phi) is 4.64. The van der Waals surface area contributed by atoms with E-state index < -0.39 is 11.2 Å². The fourth-order valence-corrected chi connectivity index (χ4v) is 2.46. The lowest BCUT2D eigenvalue weighted by atomic mass is 10.1. The standard InChI is InChI=1S/C14H16BrN3O3/c1-17(2)7-8-18-13(20)11(12(19)16-14(18)21)9-5-3-4-6-10(9)15/h3-6,20H,7-8H2,1-2H3,(H,16,19,21). The van der Waals surface area contributed by atoms with Crippen molar-refractivity contribution in [3.8, 4) is 17.0 Å². The van der Waals surface area contributed by atoms with Crippen LogP contribution in [-0.4, -0.2) is 40.2 Å². The molecule has 0 unspecified atom stereocenters. The van der Waals surface area contributed by atoms with Gasteiger partial charge < -0.3 is 10.0 Å². The van der Waals surface area contributed by atoms with Gasteiger partial charge in [-0.1, -0.05) is 34.1 Å². The number of H-pyrrole nitrogens is 1. The van der Waals surface area contributed by atoms with Crippen molar-refractivity contribution in [1.29, 1.82) is 0 Å². The quantitative estimate of drug-likeness (QED) is 0.866. The molecule has 0 saturated heterocycles. The molecule has 21 heavy (non-hydrogen) atoms. The summed E-state index contributed by atoms with van der Waals surface area (Å²) in [5.41, 5.74) is -0.601. The highest BCUT2D eigenvalue weighted by Crippen LogP contribution is 2.30. The number of nitrogens with one attached hydrogen (secondary N) is 1. The highest BCUT2D eigenvalue weighted by molar-refractivity contribution is 9.10. The smallest absolute Gasteiger partial charge is 0.331 e. The van der Waals surface area contributed by atoms with Crippen LogP contribution in [-0.2, 0) is 6.54 Å². The minimum Gasteiger partial charge on any atom is -0.494 e. The largest absolute Gasteiger partial charge is 0.494 e. The summed E-state index contributed by atoms with van der Waals surface area (Å²) >= 11 is 3.35. The lowest BCUT2D eigenvalue weighted by molar-refractivity contribution is 0.347. The van der Waals surface area contributed by atoms with Crippen molar-refractivity contribution in [2.75, 3.05) is 20.6 Å². The third-order valence-electron chi connectivity index (χ3n) is 3.09. The van der Waals surface area contributed by atoms with E-state index in [0.717, 1.165) is 4.57 Å². The maximum Gasteiger partial charge on any atom is 0.331 e. The lowest BCUT2D eigenvalue weighted by Gasteiger charge is -2.14. The van der Waals surface area contributed by atoms with E-state index in [1.54, 1.807) is 24.3 Å². The van der Waals surface area contributed by atoms with Gasteiger partial charge in [0.15, 0.2) is 0 Å². The van der Waals surface area contributed by atoms with Gasteiger partial charge >= 0.3 is 5.69 Å². The molecule has 0 spiro atoms. The van der Waals surface area contributed by atoms with Crippen molar-refractivity contribution in [2.24, 2.45) is 0 Å². The van der Waals surface area contributed by atoms with E-state index in [1.165, 1.54) is 0 Å². The van der Waals surface area contributed by atoms with Crippen LogP contribution in [0.4, 0.5) is 0 Å². The molecule has 1 aromatic carbocycles. The van der Waals surface area contributed by atoms with Crippen LogP contribution in [0.25, 0.3) is 11.1 Å². The minimum atomic E-state index is -0.616. The molecule has 7 heteroatoms. The molecular weight excluding hydrogens is 338 g/mol. The Bertz CT molecular complexity index is 765. The Balaban J connectivity index is 2.63. The van der Waals surface area contributed by atoms with E-state index in [9.17, 15) is 14.7 Å². The summed E-state index contributed by atoms with van der Waals surface area (Å²) in [5, 5.41) is 10.3. The van der Waals surface area contributed by atoms with Crippen molar-refractivity contribution >= 4 is 15.9 Å². The molecule has 2 aromatic rings. The topological polar surface area (TPSA) is 78.3 Å². The van der Waals surface area contributed by atoms with Gasteiger partial charge in [0.2, 0.25) is 5.88 Å². The number of hydrogen-bond donors (Lipinski definition) is 2. The van der Waals surface area contributed by atoms with Gasteiger partial charge in [0, 0.05) is 23.1 Å². The second-order valence-corrected chi connectivity index (χ2v) is 5.75. The summed E-state index contributed by atoms with van der Waals surface area (Å²) in [6.07, 6.45) is 0. The van der Waals surface area contributed by atoms with E-state index in [-0.39, 0.29) is 18.0 Å². The fraction of sp³-hybridized carbons (Fsp3) is 0.286. The van der Waals surface area contributed by atoms with Crippen LogP contribution >= 0.6 is 15.9 Å². The third-order valence-corrected chi connectivity index (χ3v) is 3.78. The predicted octanol–water partition coefficient (Wildman–Crippen LogP) is 1.23. The summed E-state index contributed by atoms with van der Waals surface area (Å²) < 4.78 is 1.83. The summed E-state index contributed by atoms with van der Waals surface area (Å²) in [6, 6.07) is 7.04. The van der Waals surface area contributed by atoms with Crippen LogP contribution in [0.1, 0.15) is 0 Å². The van der Waals surface area contributed by atoms with Crippen LogP contribution in [0.15, 0.2) is 38.3 Å². The van der Waals surface area contributed by atoms with Crippen molar-refractivity contribution in [3.63, 3.8) is 0 Å². The Hall–Kier alpha value is -1.86. The van der Waals surface area contributed by atoms with E-state index in [4.69, 9.17) is 0 Å². The molecule has 0 aliphatic heterocycles. The molecule has 0 amide bonds. The molecule has 112 valence electrons. The second-order valence-electron chi connectivity index (χ2n) is 4.89. The molecule has 6 nitrogen and oxygen atoms in total. The second kappa shape index (κ2) is 6.28. The Morgan fingerprint density at radius 2 is 1.95 bits per heavy atom. The number of hydrogen-bond acceptors (Lipinski definition) is 4. The summed E-state index contributed by atoms with van der Waals surface area (Å²) in [4.78, 5) is 28.0. The number of rotatable bonds is 4. The fourth-order valence-electron chi connectivity index (χ4n) is 1.97. The molecule has 0 atom stereocenters. The van der Waals surface area contributed by atoms with Gasteiger partial charge in [-0.05, 0) is 20.2 Å². The Labute approximate surface area is 129 Å². The third kappa shape index (κ3) is 3.25. The molecule has 2 rings (SSSR count). The number of aromatic nitrogens is 2. The van der Waals surface area contributed by atoms with Crippen molar-refractivity contribution in [1.82, 2.24) is 14.5 Å². The first-order chi connectivity index (χ1) is 9.91. The van der Waals surface area contributed by atoms with Crippen LogP contribution in [0.5, 0.6) is 5.88 Å². The zero-order chi connectivity index (χ0) is 15.6. The summed E-state index contributed by atoms with van der Waals surface area (Å²) in [6.45, 7) is 0.848. The van der Waals surface area contributed by atoms with Gasteiger partial charge in [0.25, 0.3) is 5.56 Å². The van der Waals surface area contributed by atoms with Gasteiger partial charge in [-0.2, -0.15) is 0 Å². The SMILES string of the molecule is CN(C)CCn1c(O)c(-c2ccccc2Br)c(=O)[nH]c1=O. The van der Waals surface area contributed by atoms with E-state index in [1.807, 2.05) is 19.0 Å². The molecule has 0 radical (unpaired) electrons. The van der Waals surface area contributed by atoms with E-state index >= 15 is 0 Å². The average Bonchev–Trinajstić information content (AvgIpc) is 2.40. The summed E-state index contributed by atoms with van der Waals surface area (Å²) in [7, 11) is 3.73. The highest BCUT2D eigenvalue weighted by Gasteiger charge is 2.17. The van der Waals surface area contributed by atoms with Gasteiger partial charge in [-0.15, -0.1) is 0 Å². The zero-order valence-electron chi connectivity index (χ0n) is 11.8. The molecule has 0 fully saturated rings. The molecule has 0 saturated carbocycles. The van der Waals surface area contributed by atoms with Gasteiger partial charge in [-0.25, -0.2) is 4.79 Å². The Morgan fingerprint density at radius 3 is 2.57 bits per heavy atom. The van der Waals surface area contributed by atoms with Crippen LogP contribution in [0, 0.1) is 0 Å². The molecular formula is C14H16BrN3O3. The van der Waals surface area contributed by atoms with Crippen molar-refractivity contribution in [2.45, 2.75) is 6.54 Å². The number of halogens is 1. The molecule has 1 aromatic heterocycles. The minimum absolute atomic E-state index is 0.0841. The van der Waals surface area contributed by atoms with E-state index in [2.05, 4.69) is 20.9 Å². The average molecular weight is 354 g/mol. The number of benzene rings is 1. The molecule has 2 N–H and O–H groups in total. The Morgan fingerprint density at radius 1 is 1.29 bits per heavy atom. The number of aromatic amines is 1. The van der Waals surface area contributed by atoms with Crippen molar-refractivity contribution < 1.29 is 5.11 Å². The monoisotopic (exact) mass is 353 g/mol. The number of aromatic hydroxyl groups is 1. The van der Waals surface area contributed by atoms with Crippen LogP contribution in [0.3, 0.4) is 0 Å². The molecule has 0 bridgehead atoms. The molecule has 0 aliphatic rings. The first kappa shape index (κ1) is 15.5. The maximum absolute atomic E-state index is 12.0. The van der Waals surface area contributed by atoms with Gasteiger partial charge in [-0.3, -0.25) is 14.3 Å². The maximum atomic E-state index is 12.0. The zero-order valence-corrected chi connectivity index (χ0v) is 13.3. The molecule has 1 heterocycles. The predicted molar refractivity (Wildman–Crippen MR) is 84.7 cm³/mol. The number of nitrogens with zero attached hydrogens (tertiary/aromatic N) is 2. The van der Waals surface area contributed by atoms with Crippen molar-refractivity contribution in [3.05, 3.63) is 49.6 Å². The normalized spacial score (nSPS) is 11.0. The van der Waals surface area contributed by atoms with Gasteiger partial charge in [0.05, 0.1) is 0 Å². The van der Waals surface area contributed by atoms with Crippen LogP contribution < -0.4 is 11.2 Å². The first-order valence-corrected chi connectivity index (χ1v) is 7.17. The molecule has 0 aliphatic carbocycles.